The lowest BCUT2D eigenvalue weighted by Crippen LogP contribution is -2.68. The third-order valence-corrected chi connectivity index (χ3v) is 9.18. The van der Waals surface area contributed by atoms with Crippen molar-refractivity contribution >= 4 is 42.3 Å². The van der Waals surface area contributed by atoms with Crippen molar-refractivity contribution in [2.75, 3.05) is 0 Å². The highest BCUT2D eigenvalue weighted by molar-refractivity contribution is 6.78. The van der Waals surface area contributed by atoms with E-state index in [0.29, 0.717) is 0 Å². The zero-order chi connectivity index (χ0) is 11.9. The minimum Gasteiger partial charge on any atom is -0.615 e. The Bertz CT molecular complexity index is 212. The molecule has 16 heavy (non-hydrogen) atoms. The van der Waals surface area contributed by atoms with Crippen molar-refractivity contribution in [1.82, 2.24) is 0 Å². The lowest BCUT2D eigenvalue weighted by Gasteiger charge is -2.43. The maximum Gasteiger partial charge on any atom is 0.612 e. The Morgan fingerprint density at radius 1 is 0.938 bits per heavy atom. The van der Waals surface area contributed by atoms with Crippen LogP contribution >= 0.6 is 0 Å². The van der Waals surface area contributed by atoms with Crippen molar-refractivity contribution in [2.45, 2.75) is 0 Å². The van der Waals surface area contributed by atoms with Gasteiger partial charge in [0.25, 0.3) is 0 Å². The summed E-state index contributed by atoms with van der Waals surface area (Å²) >= 11 is -3.69. The Labute approximate surface area is 96.2 Å². The lowest BCUT2D eigenvalue weighted by molar-refractivity contribution is -0.0130. The molecular formula is H9AlO12Si3-. The van der Waals surface area contributed by atoms with Gasteiger partial charge in [-0.1, -0.05) is 0 Å². The summed E-state index contributed by atoms with van der Waals surface area (Å²) in [5.74, 6) is 0. The van der Waals surface area contributed by atoms with Crippen LogP contribution in [0.5, 0.6) is 0 Å². The molecule has 0 aromatic carbocycles. The molecule has 16 heteroatoms. The van der Waals surface area contributed by atoms with Crippen molar-refractivity contribution in [3.63, 3.8) is 0 Å². The molecule has 0 aromatic heterocycles. The van der Waals surface area contributed by atoms with E-state index in [1.54, 1.807) is 0 Å². The summed E-state index contributed by atoms with van der Waals surface area (Å²) in [6, 6.07) is 0. The monoisotopic (exact) mass is 312 g/mol. The maximum absolute atomic E-state index is 8.89. The van der Waals surface area contributed by atoms with E-state index in [4.69, 9.17) is 33.6 Å². The van der Waals surface area contributed by atoms with Crippen molar-refractivity contribution in [1.29, 1.82) is 0 Å². The first-order valence-corrected chi connectivity index (χ1v) is 9.88. The van der Waals surface area contributed by atoms with Gasteiger partial charge in [0.1, 0.15) is 0 Å². The highest BCUT2D eigenvalue weighted by Crippen LogP contribution is 2.18. The van der Waals surface area contributed by atoms with Gasteiger partial charge in [-0.15, -0.1) is 0 Å². The van der Waals surface area contributed by atoms with Crippen LogP contribution in [0.2, 0.25) is 0 Å². The van der Waals surface area contributed by atoms with E-state index in [1.165, 1.54) is 0 Å². The van der Waals surface area contributed by atoms with E-state index >= 15 is 0 Å². The van der Waals surface area contributed by atoms with Crippen LogP contribution in [0.1, 0.15) is 0 Å². The SMILES string of the molecule is O.O[Si](O)(O)[O][Al-]1[O][Si](O)(O)O[Si](O)(O)[O]1. The van der Waals surface area contributed by atoms with Crippen LogP contribution in [-0.2, 0) is 14.5 Å². The summed E-state index contributed by atoms with van der Waals surface area (Å²) in [5, 5.41) is 0. The predicted octanol–water partition coefficient (Wildman–Crippen LogP) is -6.52. The molecule has 9 N–H and O–H groups in total. The molecule has 0 atom stereocenters. The highest BCUT2D eigenvalue weighted by Gasteiger charge is 2.55. The average Bonchev–Trinajstić information content (AvgIpc) is 1.70. The van der Waals surface area contributed by atoms with Crippen LogP contribution in [0.15, 0.2) is 0 Å². The standard InChI is InChI=1S/Al.H4O7Si2.H3O4Si.H2O/c;1-8(2,3)7-9(4,5)6;1-5(2,3)4;/h;1-2,4-5H;1-3H;1H2/q+2;-2;-1;. The average molecular weight is 312 g/mol. The second-order valence-electron chi connectivity index (χ2n) is 2.42. The van der Waals surface area contributed by atoms with E-state index < -0.39 is 42.3 Å². The normalized spacial score (nSPS) is 24.9. The highest BCUT2D eigenvalue weighted by atomic mass is 28.5. The third-order valence-electron chi connectivity index (χ3n) is 1.02. The van der Waals surface area contributed by atoms with Gasteiger partial charge in [0, 0.05) is 0 Å². The van der Waals surface area contributed by atoms with Crippen molar-refractivity contribution in [2.24, 2.45) is 0 Å². The molecular weight excluding hydrogens is 303 g/mol. The van der Waals surface area contributed by atoms with Gasteiger partial charge >= 0.3 is 42.3 Å². The number of hydrogen-bond acceptors (Lipinski definition) is 11. The molecule has 0 bridgehead atoms. The van der Waals surface area contributed by atoms with Gasteiger partial charge in [-0.25, -0.2) is 0 Å². The fraction of sp³-hybridized carbons (Fsp3) is 0. The molecule has 1 aliphatic rings. The molecule has 97 valence electrons. The Balaban J connectivity index is 0.00000225. The van der Waals surface area contributed by atoms with Crippen LogP contribution in [-0.4, -0.2) is 81.3 Å². The summed E-state index contributed by atoms with van der Waals surface area (Å²) in [6.07, 6.45) is 0. The summed E-state index contributed by atoms with van der Waals surface area (Å²) in [5.41, 5.74) is 0. The van der Waals surface area contributed by atoms with Crippen LogP contribution in [0.3, 0.4) is 0 Å². The minimum absolute atomic E-state index is 0. The second kappa shape index (κ2) is 5.14. The van der Waals surface area contributed by atoms with E-state index in [0.717, 1.165) is 0 Å². The largest absolute Gasteiger partial charge is 0.615 e. The van der Waals surface area contributed by atoms with Crippen LogP contribution in [0, 0.1) is 0 Å². The summed E-state index contributed by atoms with van der Waals surface area (Å²) in [6.45, 7) is 0. The molecule has 0 unspecified atom stereocenters. The molecule has 0 saturated carbocycles. The first kappa shape index (κ1) is 16.7. The van der Waals surface area contributed by atoms with Crippen molar-refractivity contribution in [3.05, 3.63) is 0 Å². The molecule has 0 amide bonds. The van der Waals surface area contributed by atoms with Gasteiger partial charge in [0.15, 0.2) is 0 Å². The van der Waals surface area contributed by atoms with Gasteiger partial charge in [0.05, 0.1) is 0 Å². The van der Waals surface area contributed by atoms with Crippen molar-refractivity contribution < 1.29 is 53.6 Å². The van der Waals surface area contributed by atoms with E-state index in [1.807, 2.05) is 0 Å². The van der Waals surface area contributed by atoms with Gasteiger partial charge in [0.2, 0.25) is 0 Å². The summed E-state index contributed by atoms with van der Waals surface area (Å²) in [7, 11) is -14.7. The Hall–Kier alpha value is 0.703. The quantitative estimate of drug-likeness (QED) is 0.238. The van der Waals surface area contributed by atoms with Crippen LogP contribution < -0.4 is 0 Å². The van der Waals surface area contributed by atoms with Gasteiger partial charge in [-0.05, 0) is 0 Å². The van der Waals surface area contributed by atoms with Gasteiger partial charge in [-0.3, -0.25) is 0 Å². The predicted molar refractivity (Wildman–Crippen MR) is 46.5 cm³/mol. The second-order valence-corrected chi connectivity index (χ2v) is 9.98. The van der Waals surface area contributed by atoms with Crippen LogP contribution in [0.25, 0.3) is 0 Å². The fourth-order valence-corrected chi connectivity index (χ4v) is 8.22. The molecule has 0 spiro atoms. The molecule has 0 aromatic rings. The topological polar surface area (TPSA) is 210 Å². The molecule has 1 heterocycles. The van der Waals surface area contributed by atoms with E-state index in [9.17, 15) is 0 Å². The molecule has 1 saturated heterocycles. The molecule has 0 aliphatic carbocycles. The third kappa shape index (κ3) is 5.86. The van der Waals surface area contributed by atoms with Crippen molar-refractivity contribution in [3.8, 4) is 0 Å². The zero-order valence-electron chi connectivity index (χ0n) is 7.34. The summed E-state index contributed by atoms with van der Waals surface area (Å²) < 4.78 is 16.2. The number of hydrogen-bond donors (Lipinski definition) is 7. The summed E-state index contributed by atoms with van der Waals surface area (Å²) in [4.78, 5) is 61.0. The number of rotatable bonds is 2. The molecule has 1 fully saturated rings. The Kier molecular flexibility index (Phi) is 5.36. The Morgan fingerprint density at radius 2 is 1.31 bits per heavy atom. The van der Waals surface area contributed by atoms with Crippen LogP contribution in [0.4, 0.5) is 0 Å². The molecule has 1 aliphatic heterocycles. The zero-order valence-corrected chi connectivity index (χ0v) is 11.5. The Morgan fingerprint density at radius 3 is 1.62 bits per heavy atom. The van der Waals surface area contributed by atoms with Gasteiger partial charge < -0.3 is 53.6 Å². The molecule has 1 radical (unpaired) electrons. The lowest BCUT2D eigenvalue weighted by atomic mass is 15.5. The first-order valence-electron chi connectivity index (χ1n) is 3.29. The van der Waals surface area contributed by atoms with Gasteiger partial charge in [-0.2, -0.15) is 0 Å². The molecule has 1 rings (SSSR count). The van der Waals surface area contributed by atoms with E-state index in [2.05, 4.69) is 14.5 Å². The molecule has 12 nitrogen and oxygen atoms in total. The van der Waals surface area contributed by atoms with E-state index in [-0.39, 0.29) is 5.48 Å². The maximum atomic E-state index is 8.89. The minimum atomic E-state index is -5.01. The fourth-order valence-electron chi connectivity index (χ4n) is 0.673. The smallest absolute Gasteiger partial charge is 0.612 e. The first-order chi connectivity index (χ1) is 6.49.